The molecule has 54 valence electrons. The largest absolute Gasteiger partial charge is 0.378 e. The molecule has 0 aromatic rings. The van der Waals surface area contributed by atoms with E-state index in [2.05, 4.69) is 12.3 Å². The van der Waals surface area contributed by atoms with Crippen LogP contribution in [0.15, 0.2) is 0 Å². The average molecular weight is 130 g/mol. The number of hydrogen-bond acceptors (Lipinski definition) is 3. The fraction of sp³-hybridized carbons (Fsp3) is 1.00. The zero-order chi connectivity index (χ0) is 6.69. The van der Waals surface area contributed by atoms with Gasteiger partial charge in [-0.05, 0) is 19.8 Å². The van der Waals surface area contributed by atoms with Crippen molar-refractivity contribution < 1.29 is 4.74 Å². The van der Waals surface area contributed by atoms with E-state index in [1.807, 2.05) is 0 Å². The molecule has 9 heavy (non-hydrogen) atoms. The molecule has 1 aliphatic heterocycles. The normalized spacial score (nSPS) is 36.7. The second-order valence-corrected chi connectivity index (χ2v) is 2.57. The van der Waals surface area contributed by atoms with Crippen LogP contribution in [0, 0.1) is 0 Å². The number of hydrogen-bond donors (Lipinski definition) is 2. The van der Waals surface area contributed by atoms with Crippen molar-refractivity contribution in [1.29, 1.82) is 0 Å². The van der Waals surface area contributed by atoms with Crippen LogP contribution < -0.4 is 11.3 Å². The van der Waals surface area contributed by atoms with E-state index in [1.165, 1.54) is 0 Å². The van der Waals surface area contributed by atoms with Gasteiger partial charge >= 0.3 is 0 Å². The molecule has 3 nitrogen and oxygen atoms in total. The molecule has 2 atom stereocenters. The summed E-state index contributed by atoms with van der Waals surface area (Å²) in [7, 11) is 0. The smallest absolute Gasteiger partial charge is 0.0562 e. The van der Waals surface area contributed by atoms with E-state index < -0.39 is 0 Å². The van der Waals surface area contributed by atoms with Gasteiger partial charge in [0.05, 0.1) is 6.10 Å². The van der Waals surface area contributed by atoms with E-state index in [4.69, 9.17) is 10.6 Å². The van der Waals surface area contributed by atoms with Gasteiger partial charge in [0, 0.05) is 12.6 Å². The summed E-state index contributed by atoms with van der Waals surface area (Å²) in [5.74, 6) is 5.26. The van der Waals surface area contributed by atoms with Gasteiger partial charge in [0.25, 0.3) is 0 Å². The maximum absolute atomic E-state index is 5.31. The Morgan fingerprint density at radius 3 is 2.89 bits per heavy atom. The topological polar surface area (TPSA) is 47.3 Å². The molecule has 1 rings (SSSR count). The molecule has 3 heteroatoms. The number of hydrazine groups is 1. The summed E-state index contributed by atoms with van der Waals surface area (Å²) >= 11 is 0. The Bertz CT molecular complexity index is 87.1. The van der Waals surface area contributed by atoms with Crippen LogP contribution in [0.25, 0.3) is 0 Å². The van der Waals surface area contributed by atoms with Crippen molar-refractivity contribution in [2.45, 2.75) is 31.9 Å². The molecule has 0 radical (unpaired) electrons. The fourth-order valence-electron chi connectivity index (χ4n) is 1.15. The lowest BCUT2D eigenvalue weighted by Gasteiger charge is -2.26. The molecular weight excluding hydrogens is 116 g/mol. The van der Waals surface area contributed by atoms with E-state index in [9.17, 15) is 0 Å². The summed E-state index contributed by atoms with van der Waals surface area (Å²) in [4.78, 5) is 0. The molecule has 1 aliphatic rings. The molecule has 1 saturated heterocycles. The minimum absolute atomic E-state index is 0.375. The number of nitrogens with one attached hydrogen (secondary N) is 1. The molecule has 0 saturated carbocycles. The molecule has 0 aromatic heterocycles. The van der Waals surface area contributed by atoms with Crippen molar-refractivity contribution in [1.82, 2.24) is 5.43 Å². The summed E-state index contributed by atoms with van der Waals surface area (Å²) in [5, 5.41) is 0. The van der Waals surface area contributed by atoms with E-state index in [0.29, 0.717) is 12.1 Å². The highest BCUT2D eigenvalue weighted by Crippen LogP contribution is 2.11. The van der Waals surface area contributed by atoms with Gasteiger partial charge in [-0.3, -0.25) is 11.3 Å². The molecule has 1 fully saturated rings. The van der Waals surface area contributed by atoms with Crippen molar-refractivity contribution >= 4 is 0 Å². The minimum atomic E-state index is 0.375. The first-order valence-electron chi connectivity index (χ1n) is 3.40. The van der Waals surface area contributed by atoms with Crippen LogP contribution in [0.3, 0.4) is 0 Å². The first kappa shape index (κ1) is 6.99. The Labute approximate surface area is 55.5 Å². The minimum Gasteiger partial charge on any atom is -0.378 e. The Kier molecular flexibility index (Phi) is 2.45. The summed E-state index contributed by atoms with van der Waals surface area (Å²) < 4.78 is 5.31. The first-order chi connectivity index (χ1) is 4.33. The van der Waals surface area contributed by atoms with Crippen LogP contribution in [0.5, 0.6) is 0 Å². The predicted octanol–water partition coefficient (Wildman–Crippen LogP) is 0.0172. The van der Waals surface area contributed by atoms with Crippen LogP contribution in [-0.4, -0.2) is 18.8 Å². The number of nitrogens with two attached hydrogens (primary N) is 1. The van der Waals surface area contributed by atoms with Gasteiger partial charge in [0.2, 0.25) is 0 Å². The fourth-order valence-corrected chi connectivity index (χ4v) is 1.15. The van der Waals surface area contributed by atoms with Gasteiger partial charge in [-0.2, -0.15) is 0 Å². The highest BCUT2D eigenvalue weighted by molar-refractivity contribution is 4.71. The molecule has 0 spiro atoms. The summed E-state index contributed by atoms with van der Waals surface area (Å²) in [6.45, 7) is 2.92. The maximum atomic E-state index is 5.31. The zero-order valence-corrected chi connectivity index (χ0v) is 5.76. The van der Waals surface area contributed by atoms with Crippen molar-refractivity contribution in [2.24, 2.45) is 5.84 Å². The van der Waals surface area contributed by atoms with E-state index in [0.717, 1.165) is 19.4 Å². The lowest BCUT2D eigenvalue weighted by molar-refractivity contribution is 0.0134. The molecule has 0 aromatic carbocycles. The van der Waals surface area contributed by atoms with Gasteiger partial charge < -0.3 is 4.74 Å². The molecule has 0 bridgehead atoms. The van der Waals surface area contributed by atoms with Gasteiger partial charge in [0.1, 0.15) is 0 Å². The van der Waals surface area contributed by atoms with Gasteiger partial charge in [-0.1, -0.05) is 0 Å². The van der Waals surface area contributed by atoms with Crippen LogP contribution in [0.4, 0.5) is 0 Å². The Morgan fingerprint density at radius 2 is 2.44 bits per heavy atom. The third-order valence-electron chi connectivity index (χ3n) is 1.72. The molecule has 3 N–H and O–H groups in total. The van der Waals surface area contributed by atoms with Crippen molar-refractivity contribution in [3.05, 3.63) is 0 Å². The lowest BCUT2D eigenvalue weighted by atomic mass is 10.1. The molecular formula is C6H14N2O. The predicted molar refractivity (Wildman–Crippen MR) is 35.8 cm³/mol. The SMILES string of the molecule is C[C@@H]1C[C@H](NN)CCO1. The van der Waals surface area contributed by atoms with Gasteiger partial charge in [-0.15, -0.1) is 0 Å². The quantitative estimate of drug-likeness (QED) is 0.388. The average Bonchev–Trinajstić information content (AvgIpc) is 1.88. The summed E-state index contributed by atoms with van der Waals surface area (Å²) in [6, 6.07) is 0.466. The van der Waals surface area contributed by atoms with Crippen molar-refractivity contribution in [3.8, 4) is 0 Å². The van der Waals surface area contributed by atoms with Crippen molar-refractivity contribution in [2.75, 3.05) is 6.61 Å². The Hall–Kier alpha value is -0.120. The second kappa shape index (κ2) is 3.15. The third kappa shape index (κ3) is 1.93. The Balaban J connectivity index is 2.23. The summed E-state index contributed by atoms with van der Waals surface area (Å²) in [6.07, 6.45) is 2.46. The molecule has 1 heterocycles. The molecule has 0 aliphatic carbocycles. The summed E-state index contributed by atoms with van der Waals surface area (Å²) in [5.41, 5.74) is 2.75. The highest BCUT2D eigenvalue weighted by Gasteiger charge is 2.16. The van der Waals surface area contributed by atoms with E-state index >= 15 is 0 Å². The molecule has 0 unspecified atom stereocenters. The maximum Gasteiger partial charge on any atom is 0.0562 e. The monoisotopic (exact) mass is 130 g/mol. The van der Waals surface area contributed by atoms with Crippen LogP contribution in [0.2, 0.25) is 0 Å². The molecule has 0 amide bonds. The van der Waals surface area contributed by atoms with Crippen LogP contribution >= 0.6 is 0 Å². The van der Waals surface area contributed by atoms with Crippen LogP contribution in [0.1, 0.15) is 19.8 Å². The van der Waals surface area contributed by atoms with E-state index in [1.54, 1.807) is 0 Å². The van der Waals surface area contributed by atoms with E-state index in [-0.39, 0.29) is 0 Å². The number of ether oxygens (including phenoxy) is 1. The van der Waals surface area contributed by atoms with Gasteiger partial charge in [0.15, 0.2) is 0 Å². The Morgan fingerprint density at radius 1 is 1.67 bits per heavy atom. The lowest BCUT2D eigenvalue weighted by Crippen LogP contribution is -2.41. The number of rotatable bonds is 1. The second-order valence-electron chi connectivity index (χ2n) is 2.57. The zero-order valence-electron chi connectivity index (χ0n) is 5.76. The van der Waals surface area contributed by atoms with Crippen LogP contribution in [-0.2, 0) is 4.74 Å². The van der Waals surface area contributed by atoms with Gasteiger partial charge in [-0.25, -0.2) is 0 Å². The highest BCUT2D eigenvalue weighted by atomic mass is 16.5. The standard InChI is InChI=1S/C6H14N2O/c1-5-4-6(8-7)2-3-9-5/h5-6,8H,2-4,7H2,1H3/t5-,6-/m1/s1. The third-order valence-corrected chi connectivity index (χ3v) is 1.72. The van der Waals surface area contributed by atoms with Crippen molar-refractivity contribution in [3.63, 3.8) is 0 Å². The first-order valence-corrected chi connectivity index (χ1v) is 3.40.